The van der Waals surface area contributed by atoms with Crippen molar-refractivity contribution in [2.45, 2.75) is 0 Å². The number of carboxylic acids is 1. The molecule has 0 saturated carbocycles. The summed E-state index contributed by atoms with van der Waals surface area (Å²) in [5.41, 5.74) is 4.16. The Morgan fingerprint density at radius 1 is 1.22 bits per heavy atom. The van der Waals surface area contributed by atoms with Gasteiger partial charge >= 0.3 is 5.97 Å². The highest BCUT2D eigenvalue weighted by Crippen LogP contribution is 2.15. The molecule has 118 valence electrons. The molecule has 0 aliphatic carbocycles. The third kappa shape index (κ3) is 5.12. The predicted molar refractivity (Wildman–Crippen MR) is 83.9 cm³/mol. The van der Waals surface area contributed by atoms with E-state index in [4.69, 9.17) is 9.84 Å². The van der Waals surface area contributed by atoms with Crippen LogP contribution in [0.15, 0.2) is 53.6 Å². The largest absolute Gasteiger partial charge is 0.482 e. The van der Waals surface area contributed by atoms with Crippen molar-refractivity contribution >= 4 is 23.6 Å². The minimum Gasteiger partial charge on any atom is -0.482 e. The van der Waals surface area contributed by atoms with Gasteiger partial charge in [-0.1, -0.05) is 0 Å². The summed E-state index contributed by atoms with van der Waals surface area (Å²) < 4.78 is 5.01. The van der Waals surface area contributed by atoms with E-state index in [1.54, 1.807) is 42.6 Å². The molecule has 0 unspecified atom stereocenters. The number of rotatable bonds is 7. The van der Waals surface area contributed by atoms with Gasteiger partial charge in [0.1, 0.15) is 5.75 Å². The van der Waals surface area contributed by atoms with Gasteiger partial charge in [-0.2, -0.15) is 5.10 Å². The standard InChI is InChI=1S/C15H13N3O5/c19-15(20)10-23-14-7-1-11(2-8-14)9-16-17-12-3-5-13(6-4-12)18(21)22/h1-9,17H,10H2,(H,19,20)/b16-9+. The van der Waals surface area contributed by atoms with Gasteiger partial charge in [-0.25, -0.2) is 4.79 Å². The molecule has 0 fully saturated rings. The van der Waals surface area contributed by atoms with Crippen molar-refractivity contribution in [3.63, 3.8) is 0 Å². The fraction of sp³-hybridized carbons (Fsp3) is 0.0667. The lowest BCUT2D eigenvalue weighted by Gasteiger charge is -2.03. The Morgan fingerprint density at radius 3 is 2.43 bits per heavy atom. The maximum Gasteiger partial charge on any atom is 0.341 e. The first kappa shape index (κ1) is 16.0. The summed E-state index contributed by atoms with van der Waals surface area (Å²) >= 11 is 0. The summed E-state index contributed by atoms with van der Waals surface area (Å²) in [4.78, 5) is 20.4. The highest BCUT2D eigenvalue weighted by molar-refractivity contribution is 5.80. The van der Waals surface area contributed by atoms with Crippen molar-refractivity contribution in [1.82, 2.24) is 0 Å². The van der Waals surface area contributed by atoms with Crippen molar-refractivity contribution in [2.24, 2.45) is 5.10 Å². The molecule has 2 N–H and O–H groups in total. The molecule has 0 aliphatic rings. The lowest BCUT2D eigenvalue weighted by atomic mass is 10.2. The Hall–Kier alpha value is -3.42. The lowest BCUT2D eigenvalue weighted by molar-refractivity contribution is -0.384. The molecule has 0 aliphatic heterocycles. The zero-order valence-corrected chi connectivity index (χ0v) is 11.9. The number of ether oxygens (including phenoxy) is 1. The van der Waals surface area contributed by atoms with Crippen molar-refractivity contribution in [2.75, 3.05) is 12.0 Å². The molecule has 2 aromatic rings. The Bertz CT molecular complexity index is 711. The average molecular weight is 315 g/mol. The normalized spacial score (nSPS) is 10.4. The van der Waals surface area contributed by atoms with Gasteiger partial charge < -0.3 is 9.84 Å². The van der Waals surface area contributed by atoms with Crippen LogP contribution in [0.2, 0.25) is 0 Å². The molecule has 0 spiro atoms. The van der Waals surface area contributed by atoms with Crippen LogP contribution in [0, 0.1) is 10.1 Å². The van der Waals surface area contributed by atoms with Gasteiger partial charge in [-0.3, -0.25) is 15.5 Å². The van der Waals surface area contributed by atoms with Crippen LogP contribution in [-0.2, 0) is 4.79 Å². The summed E-state index contributed by atoms with van der Waals surface area (Å²) in [7, 11) is 0. The fourth-order valence-electron chi connectivity index (χ4n) is 1.63. The third-order valence-electron chi connectivity index (χ3n) is 2.73. The molecule has 8 heteroatoms. The fourth-order valence-corrected chi connectivity index (χ4v) is 1.63. The van der Waals surface area contributed by atoms with Crippen molar-refractivity contribution in [3.05, 3.63) is 64.2 Å². The minimum absolute atomic E-state index is 0.0106. The molecule has 0 atom stereocenters. The molecule has 0 heterocycles. The van der Waals surface area contributed by atoms with E-state index in [9.17, 15) is 14.9 Å². The van der Waals surface area contributed by atoms with Crippen LogP contribution in [-0.4, -0.2) is 28.8 Å². The van der Waals surface area contributed by atoms with Crippen molar-refractivity contribution < 1.29 is 19.6 Å². The van der Waals surface area contributed by atoms with Crippen LogP contribution in [0.1, 0.15) is 5.56 Å². The number of carbonyl (C=O) groups is 1. The Morgan fingerprint density at radius 2 is 1.87 bits per heavy atom. The molecule has 0 bridgehead atoms. The number of aliphatic carboxylic acids is 1. The number of nitro benzene ring substituents is 1. The zero-order chi connectivity index (χ0) is 16.7. The molecule has 0 radical (unpaired) electrons. The smallest absolute Gasteiger partial charge is 0.341 e. The van der Waals surface area contributed by atoms with Gasteiger partial charge in [-0.15, -0.1) is 0 Å². The molecular formula is C15H13N3O5. The maximum atomic E-state index is 10.5. The Labute approximate surface area is 131 Å². The van der Waals surface area contributed by atoms with E-state index in [0.29, 0.717) is 11.4 Å². The van der Waals surface area contributed by atoms with E-state index in [-0.39, 0.29) is 5.69 Å². The number of hydrogen-bond acceptors (Lipinski definition) is 6. The quantitative estimate of drug-likeness (QED) is 0.461. The second kappa shape index (κ2) is 7.55. The molecule has 0 saturated heterocycles. The third-order valence-corrected chi connectivity index (χ3v) is 2.73. The average Bonchev–Trinajstić information content (AvgIpc) is 2.54. The first-order valence-electron chi connectivity index (χ1n) is 6.53. The first-order chi connectivity index (χ1) is 11.0. The second-order valence-corrected chi connectivity index (χ2v) is 4.43. The van der Waals surface area contributed by atoms with Gasteiger partial charge in [-0.05, 0) is 42.0 Å². The minimum atomic E-state index is -1.04. The van der Waals surface area contributed by atoms with Crippen LogP contribution in [0.4, 0.5) is 11.4 Å². The molecule has 0 aromatic heterocycles. The number of non-ortho nitro benzene ring substituents is 1. The molecule has 8 nitrogen and oxygen atoms in total. The molecular weight excluding hydrogens is 302 g/mol. The first-order valence-corrected chi connectivity index (χ1v) is 6.53. The van der Waals surface area contributed by atoms with Crippen molar-refractivity contribution in [3.8, 4) is 5.75 Å². The molecule has 23 heavy (non-hydrogen) atoms. The topological polar surface area (TPSA) is 114 Å². The Kier molecular flexibility index (Phi) is 5.24. The van der Waals surface area contributed by atoms with Gasteiger partial charge in [0.15, 0.2) is 6.61 Å². The lowest BCUT2D eigenvalue weighted by Crippen LogP contribution is -2.09. The number of hydrazone groups is 1. The SMILES string of the molecule is O=C(O)COc1ccc(/C=N/Nc2ccc([N+](=O)[O-])cc2)cc1. The van der Waals surface area contributed by atoms with Gasteiger partial charge in [0.05, 0.1) is 16.8 Å². The monoisotopic (exact) mass is 315 g/mol. The Balaban J connectivity index is 1.90. The van der Waals surface area contributed by atoms with E-state index in [0.717, 1.165) is 5.56 Å². The summed E-state index contributed by atoms with van der Waals surface area (Å²) in [6.07, 6.45) is 1.56. The second-order valence-electron chi connectivity index (χ2n) is 4.43. The number of carboxylic acid groups (broad SMARTS) is 1. The van der Waals surface area contributed by atoms with Crippen LogP contribution >= 0.6 is 0 Å². The predicted octanol–water partition coefficient (Wildman–Crippen LogP) is 2.50. The van der Waals surface area contributed by atoms with Crippen LogP contribution in [0.3, 0.4) is 0 Å². The molecule has 2 aromatic carbocycles. The van der Waals surface area contributed by atoms with Crippen molar-refractivity contribution in [1.29, 1.82) is 0 Å². The number of nitrogens with one attached hydrogen (secondary N) is 1. The molecule has 0 amide bonds. The zero-order valence-electron chi connectivity index (χ0n) is 11.9. The van der Waals surface area contributed by atoms with E-state index in [2.05, 4.69) is 10.5 Å². The van der Waals surface area contributed by atoms with E-state index < -0.39 is 17.5 Å². The maximum absolute atomic E-state index is 10.5. The number of nitrogens with zero attached hydrogens (tertiary/aromatic N) is 2. The highest BCUT2D eigenvalue weighted by atomic mass is 16.6. The number of benzene rings is 2. The van der Waals surface area contributed by atoms with E-state index >= 15 is 0 Å². The summed E-state index contributed by atoms with van der Waals surface area (Å²) in [6, 6.07) is 12.6. The summed E-state index contributed by atoms with van der Waals surface area (Å²) in [6.45, 7) is -0.394. The van der Waals surface area contributed by atoms with Crippen LogP contribution < -0.4 is 10.2 Å². The van der Waals surface area contributed by atoms with Gasteiger partial charge in [0.2, 0.25) is 0 Å². The molecule has 2 rings (SSSR count). The number of hydrogen-bond donors (Lipinski definition) is 2. The van der Waals surface area contributed by atoms with Gasteiger partial charge in [0, 0.05) is 12.1 Å². The van der Waals surface area contributed by atoms with Crippen LogP contribution in [0.5, 0.6) is 5.75 Å². The summed E-state index contributed by atoms with van der Waals surface area (Å²) in [5, 5.41) is 23.1. The van der Waals surface area contributed by atoms with E-state index in [1.807, 2.05) is 0 Å². The number of anilines is 1. The summed E-state index contributed by atoms with van der Waals surface area (Å²) in [5.74, 6) is -0.587. The number of nitro groups is 1. The highest BCUT2D eigenvalue weighted by Gasteiger charge is 2.03. The van der Waals surface area contributed by atoms with Crippen LogP contribution in [0.25, 0.3) is 0 Å². The van der Waals surface area contributed by atoms with Gasteiger partial charge in [0.25, 0.3) is 5.69 Å². The van der Waals surface area contributed by atoms with E-state index in [1.165, 1.54) is 12.1 Å².